The number of nitriles is 1. The van der Waals surface area contributed by atoms with Crippen LogP contribution in [0.15, 0.2) is 18.2 Å². The third-order valence-corrected chi connectivity index (χ3v) is 1.36. The monoisotopic (exact) mass is 133 g/mol. The molecule has 0 spiro atoms. The number of nitrogens with zero attached hydrogens (tertiary/aromatic N) is 1. The van der Waals surface area contributed by atoms with E-state index in [4.69, 9.17) is 5.26 Å². The lowest BCUT2D eigenvalue weighted by Gasteiger charge is -1.97. The van der Waals surface area contributed by atoms with E-state index < -0.39 is 0 Å². The predicted octanol–water partition coefficient (Wildman–Crippen LogP) is 1.57. The van der Waals surface area contributed by atoms with E-state index in [0.29, 0.717) is 5.56 Å². The maximum Gasteiger partial charge on any atom is 0.136 e. The number of aromatic hydroxyl groups is 1. The van der Waals surface area contributed by atoms with Gasteiger partial charge in [-0.15, -0.1) is 0 Å². The van der Waals surface area contributed by atoms with Gasteiger partial charge in [0.05, 0.1) is 5.56 Å². The van der Waals surface area contributed by atoms with Gasteiger partial charge in [-0.05, 0) is 18.6 Å². The Balaban J connectivity index is 3.31. The molecule has 0 unspecified atom stereocenters. The molecule has 10 heavy (non-hydrogen) atoms. The zero-order valence-electron chi connectivity index (χ0n) is 5.63. The Kier molecular flexibility index (Phi) is 1.59. The van der Waals surface area contributed by atoms with Gasteiger partial charge in [-0.3, -0.25) is 0 Å². The molecule has 0 atom stereocenters. The second-order valence-corrected chi connectivity index (χ2v) is 2.08. The lowest BCUT2D eigenvalue weighted by molar-refractivity contribution is 0.469. The summed E-state index contributed by atoms with van der Waals surface area (Å²) in [7, 11) is 0. The van der Waals surface area contributed by atoms with E-state index in [1.54, 1.807) is 25.1 Å². The summed E-state index contributed by atoms with van der Waals surface area (Å²) in [4.78, 5) is 0. The van der Waals surface area contributed by atoms with Gasteiger partial charge in [0.15, 0.2) is 0 Å². The largest absolute Gasteiger partial charge is 0.506 e. The van der Waals surface area contributed by atoms with Crippen molar-refractivity contribution >= 4 is 0 Å². The first-order valence-electron chi connectivity index (χ1n) is 2.94. The minimum atomic E-state index is 0.0880. The molecule has 2 heteroatoms. The Bertz CT molecular complexity index is 286. The molecule has 0 aliphatic heterocycles. The topological polar surface area (TPSA) is 44.0 Å². The van der Waals surface area contributed by atoms with Crippen molar-refractivity contribution < 1.29 is 5.11 Å². The van der Waals surface area contributed by atoms with Crippen molar-refractivity contribution in [2.24, 2.45) is 0 Å². The molecule has 0 bridgehead atoms. The molecule has 2 nitrogen and oxygen atoms in total. The van der Waals surface area contributed by atoms with Gasteiger partial charge in [-0.25, -0.2) is 0 Å². The number of hydrogen-bond donors (Lipinski definition) is 1. The molecule has 1 aromatic carbocycles. The molecule has 0 heterocycles. The van der Waals surface area contributed by atoms with Crippen LogP contribution in [0.4, 0.5) is 0 Å². The van der Waals surface area contributed by atoms with Crippen LogP contribution in [-0.4, -0.2) is 5.11 Å². The van der Waals surface area contributed by atoms with E-state index in [2.05, 4.69) is 0 Å². The van der Waals surface area contributed by atoms with Crippen molar-refractivity contribution in [3.8, 4) is 11.8 Å². The minimum absolute atomic E-state index is 0.0880. The van der Waals surface area contributed by atoms with E-state index in [1.165, 1.54) is 0 Å². The standard InChI is InChI=1S/C8H7NO/c1-6-3-2-4-7(5-9)8(6)10/h2-4,10H,1H3. The van der Waals surface area contributed by atoms with Gasteiger partial charge in [0, 0.05) is 0 Å². The molecule has 50 valence electrons. The van der Waals surface area contributed by atoms with E-state index in [1.807, 2.05) is 6.07 Å². The fraction of sp³-hybridized carbons (Fsp3) is 0.125. The zero-order valence-corrected chi connectivity index (χ0v) is 5.63. The number of benzene rings is 1. The molecule has 0 aliphatic carbocycles. The molecule has 1 N–H and O–H groups in total. The van der Waals surface area contributed by atoms with Crippen LogP contribution in [0.2, 0.25) is 0 Å². The van der Waals surface area contributed by atoms with Crippen molar-refractivity contribution in [1.82, 2.24) is 0 Å². The first-order valence-corrected chi connectivity index (χ1v) is 2.94. The zero-order chi connectivity index (χ0) is 7.56. The summed E-state index contributed by atoms with van der Waals surface area (Å²) in [5.74, 6) is 0.0880. The normalized spacial score (nSPS) is 8.80. The van der Waals surface area contributed by atoms with Crippen LogP contribution in [-0.2, 0) is 0 Å². The Morgan fingerprint density at radius 2 is 2.20 bits per heavy atom. The summed E-state index contributed by atoms with van der Waals surface area (Å²) in [5, 5.41) is 17.6. The Morgan fingerprint density at radius 3 is 2.70 bits per heavy atom. The second kappa shape index (κ2) is 2.40. The van der Waals surface area contributed by atoms with Gasteiger partial charge in [0.1, 0.15) is 11.8 Å². The first kappa shape index (κ1) is 6.63. The van der Waals surface area contributed by atoms with Gasteiger partial charge in [-0.2, -0.15) is 5.26 Å². The fourth-order valence-electron chi connectivity index (χ4n) is 0.749. The van der Waals surface area contributed by atoms with Crippen molar-refractivity contribution in [1.29, 1.82) is 5.26 Å². The van der Waals surface area contributed by atoms with Gasteiger partial charge >= 0.3 is 0 Å². The predicted molar refractivity (Wildman–Crippen MR) is 37.6 cm³/mol. The van der Waals surface area contributed by atoms with E-state index >= 15 is 0 Å². The highest BCUT2D eigenvalue weighted by molar-refractivity contribution is 5.46. The highest BCUT2D eigenvalue weighted by Crippen LogP contribution is 2.19. The van der Waals surface area contributed by atoms with Gasteiger partial charge in [0.25, 0.3) is 0 Å². The van der Waals surface area contributed by atoms with Crippen LogP contribution >= 0.6 is 0 Å². The fourth-order valence-corrected chi connectivity index (χ4v) is 0.749. The lowest BCUT2D eigenvalue weighted by atomic mass is 10.1. The summed E-state index contributed by atoms with van der Waals surface area (Å²) < 4.78 is 0. The highest BCUT2D eigenvalue weighted by Gasteiger charge is 1.99. The van der Waals surface area contributed by atoms with Crippen molar-refractivity contribution in [3.05, 3.63) is 29.3 Å². The SMILES string of the molecule is Cc1cccc(C#N)c1O. The molecule has 0 aromatic heterocycles. The first-order chi connectivity index (χ1) is 4.75. The maximum atomic E-state index is 9.18. The summed E-state index contributed by atoms with van der Waals surface area (Å²) in [6.45, 7) is 1.76. The van der Waals surface area contributed by atoms with Gasteiger partial charge < -0.3 is 5.11 Å². The number of phenols is 1. The third kappa shape index (κ3) is 0.939. The molecule has 0 fully saturated rings. The number of aryl methyl sites for hydroxylation is 1. The van der Waals surface area contributed by atoms with E-state index in [9.17, 15) is 5.11 Å². The van der Waals surface area contributed by atoms with Crippen molar-refractivity contribution in [3.63, 3.8) is 0 Å². The van der Waals surface area contributed by atoms with E-state index in [-0.39, 0.29) is 5.75 Å². The molecule has 1 aromatic rings. The molecular weight excluding hydrogens is 126 g/mol. The van der Waals surface area contributed by atoms with E-state index in [0.717, 1.165) is 5.56 Å². The van der Waals surface area contributed by atoms with Crippen molar-refractivity contribution in [2.45, 2.75) is 6.92 Å². The molecule has 0 saturated carbocycles. The molecule has 1 rings (SSSR count). The second-order valence-electron chi connectivity index (χ2n) is 2.08. The molecule has 0 aliphatic rings. The van der Waals surface area contributed by atoms with Crippen LogP contribution in [0.1, 0.15) is 11.1 Å². The van der Waals surface area contributed by atoms with Gasteiger partial charge in [-0.1, -0.05) is 12.1 Å². The average molecular weight is 133 g/mol. The maximum absolute atomic E-state index is 9.18. The smallest absolute Gasteiger partial charge is 0.136 e. The summed E-state index contributed by atoms with van der Waals surface area (Å²) in [6, 6.07) is 6.98. The van der Waals surface area contributed by atoms with Crippen LogP contribution in [0.5, 0.6) is 5.75 Å². The summed E-state index contributed by atoms with van der Waals surface area (Å²) in [6.07, 6.45) is 0. The molecule has 0 saturated heterocycles. The van der Waals surface area contributed by atoms with Crippen LogP contribution in [0, 0.1) is 18.3 Å². The van der Waals surface area contributed by atoms with Crippen LogP contribution in [0.3, 0.4) is 0 Å². The van der Waals surface area contributed by atoms with Crippen LogP contribution in [0.25, 0.3) is 0 Å². The Labute approximate surface area is 59.3 Å². The van der Waals surface area contributed by atoms with Crippen LogP contribution < -0.4 is 0 Å². The number of para-hydroxylation sites is 1. The minimum Gasteiger partial charge on any atom is -0.506 e. The van der Waals surface area contributed by atoms with Gasteiger partial charge in [0.2, 0.25) is 0 Å². The lowest BCUT2D eigenvalue weighted by Crippen LogP contribution is -1.78. The number of phenolic OH excluding ortho intramolecular Hbond substituents is 1. The number of hydrogen-bond acceptors (Lipinski definition) is 2. The summed E-state index contributed by atoms with van der Waals surface area (Å²) >= 11 is 0. The summed E-state index contributed by atoms with van der Waals surface area (Å²) in [5.41, 5.74) is 1.07. The Hall–Kier alpha value is -1.49. The Morgan fingerprint density at radius 1 is 1.50 bits per heavy atom. The number of rotatable bonds is 0. The highest BCUT2D eigenvalue weighted by atomic mass is 16.3. The molecule has 0 amide bonds. The molecule has 0 radical (unpaired) electrons. The molecular formula is C8H7NO. The third-order valence-electron chi connectivity index (χ3n) is 1.36. The van der Waals surface area contributed by atoms with Crippen molar-refractivity contribution in [2.75, 3.05) is 0 Å². The quantitative estimate of drug-likeness (QED) is 0.583. The average Bonchev–Trinajstić information content (AvgIpc) is 1.95.